The third kappa shape index (κ3) is 2.66. The second-order valence-corrected chi connectivity index (χ2v) is 4.18. The van der Waals surface area contributed by atoms with Gasteiger partial charge in [-0.1, -0.05) is 48.5 Å². The number of para-hydroxylation sites is 1. The van der Waals surface area contributed by atoms with E-state index in [1.54, 1.807) is 42.5 Å². The largest absolute Gasteiger partial charge is 0.468 e. The van der Waals surface area contributed by atoms with E-state index in [1.165, 1.54) is 13.2 Å². The number of carbonyl (C=O) groups is 1. The van der Waals surface area contributed by atoms with E-state index in [1.807, 2.05) is 6.07 Å². The van der Waals surface area contributed by atoms with Gasteiger partial charge < -0.3 is 4.74 Å². The van der Waals surface area contributed by atoms with E-state index in [-0.39, 0.29) is 5.69 Å². The van der Waals surface area contributed by atoms with Crippen molar-refractivity contribution in [3.63, 3.8) is 0 Å². The second-order valence-electron chi connectivity index (χ2n) is 4.18. The van der Waals surface area contributed by atoms with Gasteiger partial charge in [0.1, 0.15) is 5.92 Å². The Labute approximate surface area is 116 Å². The molecule has 1 unspecified atom stereocenters. The minimum atomic E-state index is -0.803. The van der Waals surface area contributed by atoms with Crippen molar-refractivity contribution in [3.05, 3.63) is 75.8 Å². The van der Waals surface area contributed by atoms with E-state index in [0.717, 1.165) is 0 Å². The van der Waals surface area contributed by atoms with Gasteiger partial charge in [-0.25, -0.2) is 0 Å². The molecule has 5 nitrogen and oxygen atoms in total. The Morgan fingerprint density at radius 3 is 2.30 bits per heavy atom. The van der Waals surface area contributed by atoms with Gasteiger partial charge in [-0.2, -0.15) is 0 Å². The predicted molar refractivity (Wildman–Crippen MR) is 73.4 cm³/mol. The molecule has 0 aromatic heterocycles. The average Bonchev–Trinajstić information content (AvgIpc) is 2.48. The van der Waals surface area contributed by atoms with Crippen LogP contribution in [0.5, 0.6) is 0 Å². The molecule has 102 valence electrons. The van der Waals surface area contributed by atoms with E-state index in [9.17, 15) is 14.9 Å². The first kappa shape index (κ1) is 13.7. The van der Waals surface area contributed by atoms with Gasteiger partial charge in [-0.05, 0) is 5.56 Å². The summed E-state index contributed by atoms with van der Waals surface area (Å²) >= 11 is 0. The lowest BCUT2D eigenvalue weighted by Crippen LogP contribution is -2.17. The zero-order valence-electron chi connectivity index (χ0n) is 10.9. The first-order valence-corrected chi connectivity index (χ1v) is 6.01. The molecule has 0 amide bonds. The van der Waals surface area contributed by atoms with Crippen LogP contribution in [0.2, 0.25) is 0 Å². The normalized spacial score (nSPS) is 11.7. The molecule has 0 fully saturated rings. The maximum absolute atomic E-state index is 12.0. The van der Waals surface area contributed by atoms with E-state index < -0.39 is 16.8 Å². The third-order valence-electron chi connectivity index (χ3n) is 3.01. The fraction of sp³-hybridized carbons (Fsp3) is 0.133. The lowest BCUT2D eigenvalue weighted by Gasteiger charge is -2.15. The smallest absolute Gasteiger partial charge is 0.317 e. The van der Waals surface area contributed by atoms with Crippen molar-refractivity contribution < 1.29 is 14.5 Å². The zero-order chi connectivity index (χ0) is 14.5. The lowest BCUT2D eigenvalue weighted by atomic mass is 9.90. The van der Waals surface area contributed by atoms with E-state index in [0.29, 0.717) is 11.1 Å². The molecule has 0 aliphatic carbocycles. The maximum Gasteiger partial charge on any atom is 0.317 e. The Balaban J connectivity index is 2.59. The topological polar surface area (TPSA) is 69.4 Å². The van der Waals surface area contributed by atoms with Crippen LogP contribution in [0.3, 0.4) is 0 Å². The Kier molecular flexibility index (Phi) is 4.10. The van der Waals surface area contributed by atoms with E-state index in [4.69, 9.17) is 4.74 Å². The predicted octanol–water partition coefficient (Wildman–Crippen LogP) is 2.90. The summed E-state index contributed by atoms with van der Waals surface area (Å²) in [6, 6.07) is 15.1. The highest BCUT2D eigenvalue weighted by Crippen LogP contribution is 2.32. The Morgan fingerprint density at radius 1 is 1.10 bits per heavy atom. The van der Waals surface area contributed by atoms with Crippen molar-refractivity contribution in [2.45, 2.75) is 5.92 Å². The molecule has 20 heavy (non-hydrogen) atoms. The van der Waals surface area contributed by atoms with Crippen molar-refractivity contribution in [2.24, 2.45) is 0 Å². The molecule has 2 rings (SSSR count). The summed E-state index contributed by atoms with van der Waals surface area (Å²) in [5, 5.41) is 11.1. The van der Waals surface area contributed by atoms with Crippen LogP contribution >= 0.6 is 0 Å². The van der Waals surface area contributed by atoms with Gasteiger partial charge in [-0.15, -0.1) is 0 Å². The molecule has 0 heterocycles. The van der Waals surface area contributed by atoms with Crippen LogP contribution in [-0.2, 0) is 9.53 Å². The Hall–Kier alpha value is -2.69. The molecule has 1 atom stereocenters. The SMILES string of the molecule is COC(=O)C(c1ccccc1)c1ccccc1[N+](=O)[O-]. The maximum atomic E-state index is 12.0. The van der Waals surface area contributed by atoms with Gasteiger partial charge in [0.15, 0.2) is 0 Å². The highest BCUT2D eigenvalue weighted by Gasteiger charge is 2.29. The third-order valence-corrected chi connectivity index (χ3v) is 3.01. The van der Waals surface area contributed by atoms with Crippen molar-refractivity contribution in [2.75, 3.05) is 7.11 Å². The Bertz CT molecular complexity index is 625. The minimum Gasteiger partial charge on any atom is -0.468 e. The molecule has 0 saturated carbocycles. The molecule has 0 N–H and O–H groups in total. The number of nitro benzene ring substituents is 1. The van der Waals surface area contributed by atoms with E-state index in [2.05, 4.69) is 0 Å². The molecule has 5 heteroatoms. The van der Waals surface area contributed by atoms with Gasteiger partial charge >= 0.3 is 5.97 Å². The zero-order valence-corrected chi connectivity index (χ0v) is 10.9. The number of nitro groups is 1. The van der Waals surface area contributed by atoms with Crippen LogP contribution in [-0.4, -0.2) is 18.0 Å². The average molecular weight is 271 g/mol. The number of benzene rings is 2. The van der Waals surface area contributed by atoms with Gasteiger partial charge in [0.2, 0.25) is 0 Å². The Morgan fingerprint density at radius 2 is 1.70 bits per heavy atom. The van der Waals surface area contributed by atoms with Crippen molar-refractivity contribution in [3.8, 4) is 0 Å². The van der Waals surface area contributed by atoms with Crippen LogP contribution < -0.4 is 0 Å². The van der Waals surface area contributed by atoms with Gasteiger partial charge in [-0.3, -0.25) is 14.9 Å². The molecular weight excluding hydrogens is 258 g/mol. The number of hydrogen-bond acceptors (Lipinski definition) is 4. The first-order valence-electron chi connectivity index (χ1n) is 6.01. The van der Waals surface area contributed by atoms with Crippen LogP contribution in [0.4, 0.5) is 5.69 Å². The molecule has 0 saturated heterocycles. The van der Waals surface area contributed by atoms with Crippen LogP contribution in [0, 0.1) is 10.1 Å². The molecule has 0 spiro atoms. The highest BCUT2D eigenvalue weighted by atomic mass is 16.6. The quantitative estimate of drug-likeness (QED) is 0.487. The summed E-state index contributed by atoms with van der Waals surface area (Å²) in [5.41, 5.74) is 0.899. The standard InChI is InChI=1S/C15H13NO4/c1-20-15(17)14(11-7-3-2-4-8-11)12-9-5-6-10-13(12)16(18)19/h2-10,14H,1H3. The molecule has 0 aliphatic heterocycles. The molecule has 2 aromatic rings. The number of rotatable bonds is 4. The van der Waals surface area contributed by atoms with Crippen LogP contribution in [0.15, 0.2) is 54.6 Å². The second kappa shape index (κ2) is 5.97. The van der Waals surface area contributed by atoms with Crippen molar-refractivity contribution in [1.82, 2.24) is 0 Å². The first-order chi connectivity index (χ1) is 9.65. The van der Waals surface area contributed by atoms with E-state index >= 15 is 0 Å². The number of nitrogens with zero attached hydrogens (tertiary/aromatic N) is 1. The number of hydrogen-bond donors (Lipinski definition) is 0. The van der Waals surface area contributed by atoms with Crippen LogP contribution in [0.25, 0.3) is 0 Å². The summed E-state index contributed by atoms with van der Waals surface area (Å²) in [5.74, 6) is -1.33. The molecule has 0 aliphatic rings. The summed E-state index contributed by atoms with van der Waals surface area (Å²) in [4.78, 5) is 22.7. The molecule has 2 aromatic carbocycles. The summed E-state index contributed by atoms with van der Waals surface area (Å²) in [6.07, 6.45) is 0. The highest BCUT2D eigenvalue weighted by molar-refractivity contribution is 5.83. The number of ether oxygens (including phenoxy) is 1. The number of methoxy groups -OCH3 is 1. The van der Waals surface area contributed by atoms with Gasteiger partial charge in [0, 0.05) is 11.6 Å². The molecule has 0 radical (unpaired) electrons. The van der Waals surface area contributed by atoms with Gasteiger partial charge in [0.25, 0.3) is 5.69 Å². The fourth-order valence-electron chi connectivity index (χ4n) is 2.10. The number of carbonyl (C=O) groups excluding carboxylic acids is 1. The molecular formula is C15H13NO4. The lowest BCUT2D eigenvalue weighted by molar-refractivity contribution is -0.385. The summed E-state index contributed by atoms with van der Waals surface area (Å²) in [6.45, 7) is 0. The van der Waals surface area contributed by atoms with Crippen molar-refractivity contribution in [1.29, 1.82) is 0 Å². The minimum absolute atomic E-state index is 0.0910. The van der Waals surface area contributed by atoms with Crippen LogP contribution in [0.1, 0.15) is 17.0 Å². The molecule has 0 bridgehead atoms. The summed E-state index contributed by atoms with van der Waals surface area (Å²) < 4.78 is 4.79. The monoisotopic (exact) mass is 271 g/mol. The number of esters is 1. The van der Waals surface area contributed by atoms with Crippen molar-refractivity contribution >= 4 is 11.7 Å². The van der Waals surface area contributed by atoms with Gasteiger partial charge in [0.05, 0.1) is 12.0 Å². The fourth-order valence-corrected chi connectivity index (χ4v) is 2.10. The summed E-state index contributed by atoms with van der Waals surface area (Å²) in [7, 11) is 1.27.